The maximum absolute atomic E-state index is 12.2. The Hall–Kier alpha value is -1.82. The molecule has 1 aliphatic rings. The molecule has 2 rings (SSSR count). The molecule has 116 valence electrons. The Labute approximate surface area is 124 Å². The molecular weight excluding hydrogens is 272 g/mol. The summed E-state index contributed by atoms with van der Waals surface area (Å²) in [5, 5.41) is 2.85. The molecule has 0 saturated carbocycles. The number of aromatic amines is 1. The van der Waals surface area contributed by atoms with E-state index < -0.39 is 5.97 Å². The molecular formula is C15H22N2O4. The third-order valence-corrected chi connectivity index (χ3v) is 3.66. The van der Waals surface area contributed by atoms with Gasteiger partial charge in [0.25, 0.3) is 5.91 Å². The number of ether oxygens (including phenoxy) is 2. The Kier molecular flexibility index (Phi) is 5.01. The van der Waals surface area contributed by atoms with Crippen molar-refractivity contribution >= 4 is 11.9 Å². The molecule has 1 atom stereocenters. The molecule has 0 bridgehead atoms. The van der Waals surface area contributed by atoms with Crippen LogP contribution in [0.5, 0.6) is 0 Å². The molecule has 2 heterocycles. The molecule has 0 radical (unpaired) electrons. The number of rotatable bonds is 5. The summed E-state index contributed by atoms with van der Waals surface area (Å²) in [7, 11) is 0. The number of nitrogens with one attached hydrogen (secondary N) is 2. The molecule has 0 aromatic carbocycles. The van der Waals surface area contributed by atoms with Crippen molar-refractivity contribution < 1.29 is 19.1 Å². The molecule has 1 unspecified atom stereocenters. The number of aromatic nitrogens is 1. The van der Waals surface area contributed by atoms with E-state index in [2.05, 4.69) is 10.3 Å². The third kappa shape index (κ3) is 3.44. The van der Waals surface area contributed by atoms with Gasteiger partial charge in [-0.25, -0.2) is 4.79 Å². The Bertz CT molecular complexity index is 530. The van der Waals surface area contributed by atoms with Gasteiger partial charge in [0.15, 0.2) is 0 Å². The van der Waals surface area contributed by atoms with Crippen molar-refractivity contribution in [3.63, 3.8) is 0 Å². The zero-order valence-corrected chi connectivity index (χ0v) is 12.7. The van der Waals surface area contributed by atoms with Crippen LogP contribution in [0.15, 0.2) is 0 Å². The van der Waals surface area contributed by atoms with Crippen molar-refractivity contribution in [1.82, 2.24) is 10.3 Å². The molecule has 1 aliphatic heterocycles. The summed E-state index contributed by atoms with van der Waals surface area (Å²) in [4.78, 5) is 27.1. The SMILES string of the molecule is CCOC(=O)c1c(C)[nH]c(C(=O)NCC2CCCO2)c1C. The second kappa shape index (κ2) is 6.76. The van der Waals surface area contributed by atoms with E-state index >= 15 is 0 Å². The van der Waals surface area contributed by atoms with Crippen LogP contribution in [0.4, 0.5) is 0 Å². The zero-order valence-electron chi connectivity index (χ0n) is 12.7. The minimum atomic E-state index is -0.401. The predicted molar refractivity (Wildman–Crippen MR) is 77.5 cm³/mol. The topological polar surface area (TPSA) is 80.4 Å². The average Bonchev–Trinajstić information content (AvgIpc) is 3.04. The van der Waals surface area contributed by atoms with Crippen LogP contribution in [0, 0.1) is 13.8 Å². The van der Waals surface area contributed by atoms with Crippen molar-refractivity contribution in [3.8, 4) is 0 Å². The van der Waals surface area contributed by atoms with Crippen molar-refractivity contribution in [3.05, 3.63) is 22.5 Å². The fourth-order valence-electron chi connectivity index (χ4n) is 2.59. The Morgan fingerprint density at radius 2 is 2.19 bits per heavy atom. The molecule has 1 aromatic rings. The lowest BCUT2D eigenvalue weighted by molar-refractivity contribution is 0.0525. The van der Waals surface area contributed by atoms with Crippen molar-refractivity contribution in [2.24, 2.45) is 0 Å². The van der Waals surface area contributed by atoms with Crippen LogP contribution in [-0.2, 0) is 9.47 Å². The molecule has 1 saturated heterocycles. The minimum Gasteiger partial charge on any atom is -0.462 e. The second-order valence-electron chi connectivity index (χ2n) is 5.19. The van der Waals surface area contributed by atoms with Gasteiger partial charge in [-0.1, -0.05) is 0 Å². The Balaban J connectivity index is 2.07. The predicted octanol–water partition coefficient (Wildman–Crippen LogP) is 1.72. The van der Waals surface area contributed by atoms with Crippen LogP contribution in [0.25, 0.3) is 0 Å². The summed E-state index contributed by atoms with van der Waals surface area (Å²) in [6.07, 6.45) is 2.10. The number of aryl methyl sites for hydroxylation is 1. The highest BCUT2D eigenvalue weighted by Crippen LogP contribution is 2.19. The summed E-state index contributed by atoms with van der Waals surface area (Å²) >= 11 is 0. The number of H-pyrrole nitrogens is 1. The molecule has 6 heteroatoms. The highest BCUT2D eigenvalue weighted by Gasteiger charge is 2.23. The summed E-state index contributed by atoms with van der Waals surface area (Å²) in [5.41, 5.74) is 2.12. The van der Waals surface area contributed by atoms with E-state index in [9.17, 15) is 9.59 Å². The van der Waals surface area contributed by atoms with Crippen molar-refractivity contribution in [1.29, 1.82) is 0 Å². The van der Waals surface area contributed by atoms with Gasteiger partial charge in [0.1, 0.15) is 5.69 Å². The van der Waals surface area contributed by atoms with E-state index in [4.69, 9.17) is 9.47 Å². The fraction of sp³-hybridized carbons (Fsp3) is 0.600. The summed E-state index contributed by atoms with van der Waals surface area (Å²) < 4.78 is 10.5. The standard InChI is InChI=1S/C15H22N2O4/c1-4-20-15(19)12-9(2)13(17-10(12)3)14(18)16-8-11-6-5-7-21-11/h11,17H,4-8H2,1-3H3,(H,16,18). The molecule has 21 heavy (non-hydrogen) atoms. The monoisotopic (exact) mass is 294 g/mol. The number of carbonyl (C=O) groups is 2. The largest absolute Gasteiger partial charge is 0.462 e. The van der Waals surface area contributed by atoms with Crippen LogP contribution in [0.1, 0.15) is 51.9 Å². The maximum atomic E-state index is 12.2. The summed E-state index contributed by atoms with van der Waals surface area (Å²) in [6, 6.07) is 0. The van der Waals surface area contributed by atoms with E-state index in [1.54, 1.807) is 20.8 Å². The molecule has 6 nitrogen and oxygen atoms in total. The maximum Gasteiger partial charge on any atom is 0.340 e. The van der Waals surface area contributed by atoms with Gasteiger partial charge in [-0.3, -0.25) is 4.79 Å². The molecule has 1 amide bonds. The molecule has 0 spiro atoms. The van der Waals surface area contributed by atoms with Gasteiger partial charge < -0.3 is 19.8 Å². The van der Waals surface area contributed by atoms with E-state index in [1.165, 1.54) is 0 Å². The highest BCUT2D eigenvalue weighted by atomic mass is 16.5. The lowest BCUT2D eigenvalue weighted by Crippen LogP contribution is -2.32. The third-order valence-electron chi connectivity index (χ3n) is 3.66. The number of hydrogen-bond acceptors (Lipinski definition) is 4. The number of esters is 1. The van der Waals surface area contributed by atoms with Crippen LogP contribution < -0.4 is 5.32 Å². The molecule has 0 aliphatic carbocycles. The first-order chi connectivity index (χ1) is 10.0. The molecule has 1 aromatic heterocycles. The Morgan fingerprint density at radius 1 is 1.43 bits per heavy atom. The number of amides is 1. The number of hydrogen-bond donors (Lipinski definition) is 2. The van der Waals surface area contributed by atoms with Gasteiger partial charge in [-0.05, 0) is 39.2 Å². The van der Waals surface area contributed by atoms with Gasteiger partial charge in [0, 0.05) is 18.8 Å². The highest BCUT2D eigenvalue weighted by molar-refractivity contribution is 6.00. The van der Waals surface area contributed by atoms with Crippen molar-refractivity contribution in [2.75, 3.05) is 19.8 Å². The number of carbonyl (C=O) groups excluding carboxylic acids is 2. The zero-order chi connectivity index (χ0) is 15.4. The average molecular weight is 294 g/mol. The van der Waals surface area contributed by atoms with E-state index in [0.717, 1.165) is 19.4 Å². The van der Waals surface area contributed by atoms with E-state index in [1.807, 2.05) is 0 Å². The van der Waals surface area contributed by atoms with Crippen LogP contribution in [0.3, 0.4) is 0 Å². The Morgan fingerprint density at radius 3 is 2.81 bits per heavy atom. The van der Waals surface area contributed by atoms with Gasteiger partial charge >= 0.3 is 5.97 Å². The minimum absolute atomic E-state index is 0.0924. The lowest BCUT2D eigenvalue weighted by Gasteiger charge is -2.10. The second-order valence-corrected chi connectivity index (χ2v) is 5.19. The molecule has 2 N–H and O–H groups in total. The van der Waals surface area contributed by atoms with Gasteiger partial charge in [-0.2, -0.15) is 0 Å². The lowest BCUT2D eigenvalue weighted by atomic mass is 10.1. The van der Waals surface area contributed by atoms with Crippen molar-refractivity contribution in [2.45, 2.75) is 39.7 Å². The van der Waals surface area contributed by atoms with Gasteiger partial charge in [-0.15, -0.1) is 0 Å². The summed E-state index contributed by atoms with van der Waals surface area (Å²) in [6.45, 7) is 6.82. The first kappa shape index (κ1) is 15.6. The van der Waals surface area contributed by atoms with E-state index in [-0.39, 0.29) is 12.0 Å². The van der Waals surface area contributed by atoms with Gasteiger partial charge in [0.05, 0.1) is 18.3 Å². The normalized spacial score (nSPS) is 17.8. The molecule has 1 fully saturated rings. The first-order valence-electron chi connectivity index (χ1n) is 7.30. The van der Waals surface area contributed by atoms with Gasteiger partial charge in [0.2, 0.25) is 0 Å². The fourth-order valence-corrected chi connectivity index (χ4v) is 2.59. The van der Waals surface area contributed by atoms with E-state index in [0.29, 0.717) is 35.7 Å². The quantitative estimate of drug-likeness (QED) is 0.810. The first-order valence-corrected chi connectivity index (χ1v) is 7.30. The summed E-state index contributed by atoms with van der Waals surface area (Å²) in [5.74, 6) is -0.622. The van der Waals surface area contributed by atoms with Crippen LogP contribution in [-0.4, -0.2) is 42.7 Å². The van der Waals surface area contributed by atoms with Crippen LogP contribution >= 0.6 is 0 Å². The smallest absolute Gasteiger partial charge is 0.340 e. The van der Waals surface area contributed by atoms with Crippen LogP contribution in [0.2, 0.25) is 0 Å².